The van der Waals surface area contributed by atoms with Crippen LogP contribution in [0.3, 0.4) is 0 Å². The van der Waals surface area contributed by atoms with Gasteiger partial charge in [-0.2, -0.15) is 0 Å². The van der Waals surface area contributed by atoms with Crippen LogP contribution in [0.4, 0.5) is 11.5 Å². The van der Waals surface area contributed by atoms with Crippen molar-refractivity contribution in [3.8, 4) is 0 Å². The SMILES string of the molecule is Cc1ccc([CH]NCCNc2ccc3c(NC(=O)CC45CC6CC(CC(C6)C4)C5)cccc3n2)cc1. The number of hydrogen-bond donors (Lipinski definition) is 3. The molecule has 5 nitrogen and oxygen atoms in total. The van der Waals surface area contributed by atoms with Crippen LogP contribution in [0.2, 0.25) is 0 Å². The van der Waals surface area contributed by atoms with Gasteiger partial charge in [-0.1, -0.05) is 35.9 Å². The molecule has 0 aliphatic heterocycles. The van der Waals surface area contributed by atoms with Crippen LogP contribution in [-0.4, -0.2) is 24.0 Å². The number of benzene rings is 2. The molecule has 0 spiro atoms. The first-order chi connectivity index (χ1) is 17.5. The average molecular weight is 482 g/mol. The van der Waals surface area contributed by atoms with Crippen LogP contribution < -0.4 is 16.0 Å². The molecule has 1 radical (unpaired) electrons. The summed E-state index contributed by atoms with van der Waals surface area (Å²) in [6, 6.07) is 18.5. The molecule has 4 aliphatic rings. The summed E-state index contributed by atoms with van der Waals surface area (Å²) in [4.78, 5) is 18.0. The molecule has 3 N–H and O–H groups in total. The van der Waals surface area contributed by atoms with Gasteiger partial charge in [0.05, 0.1) is 17.7 Å². The maximum Gasteiger partial charge on any atom is 0.224 e. The third-order valence-electron chi connectivity index (χ3n) is 8.63. The lowest BCUT2D eigenvalue weighted by Crippen LogP contribution is -2.47. The van der Waals surface area contributed by atoms with Gasteiger partial charge in [0.25, 0.3) is 0 Å². The molecule has 4 fully saturated rings. The largest absolute Gasteiger partial charge is 0.369 e. The van der Waals surface area contributed by atoms with Crippen LogP contribution in [-0.2, 0) is 4.79 Å². The number of amides is 1. The van der Waals surface area contributed by atoms with Crippen molar-refractivity contribution in [3.63, 3.8) is 0 Å². The van der Waals surface area contributed by atoms with Gasteiger partial charge >= 0.3 is 0 Å². The highest BCUT2D eigenvalue weighted by molar-refractivity contribution is 6.01. The summed E-state index contributed by atoms with van der Waals surface area (Å²) in [5, 5.41) is 11.0. The molecule has 3 aromatic rings. The molecule has 1 heterocycles. The zero-order valence-corrected chi connectivity index (χ0v) is 21.2. The molecule has 0 atom stereocenters. The Morgan fingerprint density at radius 3 is 2.39 bits per heavy atom. The van der Waals surface area contributed by atoms with Gasteiger partial charge in [-0.25, -0.2) is 4.98 Å². The quantitative estimate of drug-likeness (QED) is 0.314. The van der Waals surface area contributed by atoms with Crippen LogP contribution in [0.25, 0.3) is 10.9 Å². The van der Waals surface area contributed by atoms with E-state index in [1.165, 1.54) is 49.7 Å². The third-order valence-corrected chi connectivity index (χ3v) is 8.63. The van der Waals surface area contributed by atoms with Crippen LogP contribution in [0.5, 0.6) is 0 Å². The maximum absolute atomic E-state index is 13.2. The highest BCUT2D eigenvalue weighted by Crippen LogP contribution is 2.61. The lowest BCUT2D eigenvalue weighted by molar-refractivity contribution is -0.124. The Hall–Kier alpha value is -2.92. The van der Waals surface area contributed by atoms with Gasteiger partial charge in [0, 0.05) is 24.9 Å². The second-order valence-corrected chi connectivity index (χ2v) is 11.6. The number of aryl methyl sites for hydroxylation is 1. The van der Waals surface area contributed by atoms with Crippen molar-refractivity contribution in [2.24, 2.45) is 23.2 Å². The molecule has 0 saturated heterocycles. The number of hydrogen-bond acceptors (Lipinski definition) is 4. The summed E-state index contributed by atoms with van der Waals surface area (Å²) < 4.78 is 0. The minimum absolute atomic E-state index is 0.169. The fourth-order valence-electron chi connectivity index (χ4n) is 7.52. The summed E-state index contributed by atoms with van der Waals surface area (Å²) >= 11 is 0. The lowest BCUT2D eigenvalue weighted by Gasteiger charge is -2.56. The number of carbonyl (C=O) groups is 1. The molecule has 4 bridgehead atoms. The van der Waals surface area contributed by atoms with Crippen LogP contribution in [0.1, 0.15) is 56.1 Å². The van der Waals surface area contributed by atoms with Gasteiger partial charge in [0.1, 0.15) is 5.82 Å². The van der Waals surface area contributed by atoms with Crippen molar-refractivity contribution < 1.29 is 4.79 Å². The number of pyridine rings is 1. The predicted molar refractivity (Wildman–Crippen MR) is 147 cm³/mol. The lowest BCUT2D eigenvalue weighted by atomic mass is 9.49. The smallest absolute Gasteiger partial charge is 0.224 e. The van der Waals surface area contributed by atoms with E-state index in [0.29, 0.717) is 6.42 Å². The first-order valence-corrected chi connectivity index (χ1v) is 13.6. The summed E-state index contributed by atoms with van der Waals surface area (Å²) in [6.45, 7) is 5.70. The second kappa shape index (κ2) is 9.85. The molecule has 4 aliphatic carbocycles. The molecule has 36 heavy (non-hydrogen) atoms. The summed E-state index contributed by atoms with van der Waals surface area (Å²) in [6.07, 6.45) is 8.68. The molecular formula is C31H37N4O. The molecule has 0 unspecified atom stereocenters. The van der Waals surface area contributed by atoms with Crippen LogP contribution >= 0.6 is 0 Å². The van der Waals surface area contributed by atoms with Gasteiger partial charge in [-0.15, -0.1) is 0 Å². The fourth-order valence-corrected chi connectivity index (χ4v) is 7.52. The molecule has 1 aromatic heterocycles. The second-order valence-electron chi connectivity index (χ2n) is 11.6. The van der Waals surface area contributed by atoms with E-state index in [9.17, 15) is 4.79 Å². The standard InChI is InChI=1S/C31H37N4O/c1-21-5-7-22(8-6-21)20-32-11-12-33-29-10-9-26-27(34-29)3-2-4-28(26)35-30(36)19-31-16-23-13-24(17-31)15-25(14-23)18-31/h2-10,20,23-25,32H,11-19H2,1H3,(H,33,34)(H,35,36). The predicted octanol–water partition coefficient (Wildman–Crippen LogP) is 6.30. The van der Waals surface area contributed by atoms with Crippen molar-refractivity contribution in [2.75, 3.05) is 23.7 Å². The minimum atomic E-state index is 0.169. The first-order valence-electron chi connectivity index (χ1n) is 13.6. The van der Waals surface area contributed by atoms with Gasteiger partial charge in [0.15, 0.2) is 0 Å². The van der Waals surface area contributed by atoms with Gasteiger partial charge in [-0.05, 0) is 98.4 Å². The highest BCUT2D eigenvalue weighted by Gasteiger charge is 2.51. The average Bonchev–Trinajstić information content (AvgIpc) is 2.84. The Bertz CT molecular complexity index is 1200. The summed E-state index contributed by atoms with van der Waals surface area (Å²) in [5.41, 5.74) is 4.45. The number of aromatic nitrogens is 1. The Labute approximate surface area is 214 Å². The van der Waals surface area contributed by atoms with Gasteiger partial charge in [-0.3, -0.25) is 4.79 Å². The summed E-state index contributed by atoms with van der Waals surface area (Å²) in [7, 11) is 0. The first kappa shape index (κ1) is 23.5. The number of nitrogens with zero attached hydrogens (tertiary/aromatic N) is 1. The van der Waals surface area contributed by atoms with E-state index in [1.807, 2.05) is 30.8 Å². The Morgan fingerprint density at radius 1 is 0.944 bits per heavy atom. The molecule has 4 saturated carbocycles. The number of fused-ring (bicyclic) bond motifs is 1. The maximum atomic E-state index is 13.2. The topological polar surface area (TPSA) is 66.0 Å². The number of nitrogens with one attached hydrogen (secondary N) is 3. The third kappa shape index (κ3) is 5.12. The Kier molecular flexibility index (Phi) is 6.43. The van der Waals surface area contributed by atoms with Crippen LogP contribution in [0, 0.1) is 36.6 Å². The van der Waals surface area contributed by atoms with Crippen molar-refractivity contribution in [3.05, 3.63) is 72.3 Å². The van der Waals surface area contributed by atoms with Crippen molar-refractivity contribution in [2.45, 2.75) is 51.9 Å². The van der Waals surface area contributed by atoms with Crippen molar-refractivity contribution in [1.29, 1.82) is 0 Å². The number of carbonyl (C=O) groups excluding carboxylic acids is 1. The van der Waals surface area contributed by atoms with E-state index in [0.717, 1.165) is 53.3 Å². The summed E-state index contributed by atoms with van der Waals surface area (Å²) in [5.74, 6) is 3.62. The molecule has 1 amide bonds. The number of rotatable bonds is 9. The van der Waals surface area contributed by atoms with E-state index in [-0.39, 0.29) is 11.3 Å². The molecular weight excluding hydrogens is 444 g/mol. The van der Waals surface area contributed by atoms with E-state index < -0.39 is 0 Å². The fraction of sp³-hybridized carbons (Fsp3) is 0.452. The molecule has 7 rings (SSSR count). The van der Waals surface area contributed by atoms with E-state index in [4.69, 9.17) is 4.98 Å². The zero-order valence-electron chi connectivity index (χ0n) is 21.2. The van der Waals surface area contributed by atoms with E-state index in [2.05, 4.69) is 53.2 Å². The Balaban J connectivity index is 1.04. The molecule has 5 heteroatoms. The normalized spacial score (nSPS) is 26.3. The Morgan fingerprint density at radius 2 is 1.67 bits per heavy atom. The van der Waals surface area contributed by atoms with Crippen molar-refractivity contribution in [1.82, 2.24) is 10.3 Å². The molecule has 187 valence electrons. The minimum Gasteiger partial charge on any atom is -0.369 e. The van der Waals surface area contributed by atoms with E-state index >= 15 is 0 Å². The molecule has 2 aromatic carbocycles. The van der Waals surface area contributed by atoms with Crippen LogP contribution in [0.15, 0.2) is 54.6 Å². The van der Waals surface area contributed by atoms with Crippen molar-refractivity contribution >= 4 is 28.3 Å². The van der Waals surface area contributed by atoms with Gasteiger partial charge < -0.3 is 16.0 Å². The zero-order chi connectivity index (χ0) is 24.5. The number of anilines is 2. The van der Waals surface area contributed by atoms with Gasteiger partial charge in [0.2, 0.25) is 5.91 Å². The highest BCUT2D eigenvalue weighted by atomic mass is 16.1. The van der Waals surface area contributed by atoms with E-state index in [1.54, 1.807) is 0 Å². The monoisotopic (exact) mass is 481 g/mol.